The smallest absolute Gasteiger partial charge is 0.244 e. The van der Waals surface area contributed by atoms with E-state index in [-0.39, 0.29) is 33.6 Å². The lowest BCUT2D eigenvalue weighted by molar-refractivity contribution is 0.281. The molecule has 0 aromatic heterocycles. The molecule has 2 rings (SSSR count). The standard InChI is InChI=1S/C11H13Cl2NO4S2/c12-9-1-2-10(11(13)8(9)7-15)20(17,18)14-3-5-19(16)6-4-14/h1-2,15H,3-7H2. The van der Waals surface area contributed by atoms with Crippen LogP contribution in [0.4, 0.5) is 0 Å². The quantitative estimate of drug-likeness (QED) is 0.882. The van der Waals surface area contributed by atoms with Crippen molar-refractivity contribution in [3.8, 4) is 0 Å². The first-order chi connectivity index (χ1) is 9.37. The lowest BCUT2D eigenvalue weighted by Gasteiger charge is -2.26. The second kappa shape index (κ2) is 6.29. The summed E-state index contributed by atoms with van der Waals surface area (Å²) in [5.74, 6) is 0.634. The Hall–Kier alpha value is -0.180. The molecule has 1 aromatic rings. The molecule has 0 amide bonds. The first-order valence-corrected chi connectivity index (χ1v) is 9.49. The lowest BCUT2D eigenvalue weighted by Crippen LogP contribution is -2.41. The Morgan fingerprint density at radius 3 is 2.40 bits per heavy atom. The number of halogens is 2. The van der Waals surface area contributed by atoms with Crippen LogP contribution in [0.3, 0.4) is 0 Å². The number of nitrogens with zero attached hydrogens (tertiary/aromatic N) is 1. The highest BCUT2D eigenvalue weighted by Crippen LogP contribution is 2.32. The van der Waals surface area contributed by atoms with E-state index < -0.39 is 27.4 Å². The molecule has 0 aliphatic carbocycles. The van der Waals surface area contributed by atoms with Crippen LogP contribution in [0, 0.1) is 0 Å². The molecule has 1 aromatic carbocycles. The zero-order valence-corrected chi connectivity index (χ0v) is 13.5. The Labute approximate surface area is 130 Å². The molecule has 9 heteroatoms. The van der Waals surface area contributed by atoms with E-state index in [1.807, 2.05) is 0 Å². The van der Waals surface area contributed by atoms with Crippen LogP contribution in [-0.2, 0) is 27.4 Å². The molecule has 0 saturated carbocycles. The molecule has 0 bridgehead atoms. The minimum Gasteiger partial charge on any atom is -0.392 e. The fourth-order valence-electron chi connectivity index (χ4n) is 1.92. The number of sulfonamides is 1. The number of aliphatic hydroxyl groups excluding tert-OH is 1. The van der Waals surface area contributed by atoms with Gasteiger partial charge in [0.2, 0.25) is 10.0 Å². The highest BCUT2D eigenvalue weighted by atomic mass is 35.5. The largest absolute Gasteiger partial charge is 0.392 e. The molecule has 1 heterocycles. The van der Waals surface area contributed by atoms with Crippen LogP contribution in [0.25, 0.3) is 0 Å². The fraction of sp³-hybridized carbons (Fsp3) is 0.455. The third-order valence-corrected chi connectivity index (χ3v) is 7.18. The Bertz CT molecular complexity index is 638. The summed E-state index contributed by atoms with van der Waals surface area (Å²) in [5.41, 5.74) is 0.190. The maximum absolute atomic E-state index is 12.5. The molecule has 5 nitrogen and oxygen atoms in total. The van der Waals surface area contributed by atoms with Crippen molar-refractivity contribution >= 4 is 44.0 Å². The molecule has 0 unspecified atom stereocenters. The van der Waals surface area contributed by atoms with E-state index in [0.29, 0.717) is 11.5 Å². The third kappa shape index (κ3) is 3.03. The molecule has 1 fully saturated rings. The molecular formula is C11H13Cl2NO4S2. The van der Waals surface area contributed by atoms with Crippen LogP contribution < -0.4 is 0 Å². The van der Waals surface area contributed by atoms with Gasteiger partial charge in [0.05, 0.1) is 11.6 Å². The van der Waals surface area contributed by atoms with Crippen molar-refractivity contribution in [3.63, 3.8) is 0 Å². The van der Waals surface area contributed by atoms with E-state index in [4.69, 9.17) is 23.2 Å². The molecule has 0 spiro atoms. The van der Waals surface area contributed by atoms with Crippen molar-refractivity contribution in [2.45, 2.75) is 11.5 Å². The summed E-state index contributed by atoms with van der Waals surface area (Å²) in [7, 11) is -4.74. The number of benzene rings is 1. The van der Waals surface area contributed by atoms with E-state index in [1.165, 1.54) is 16.4 Å². The van der Waals surface area contributed by atoms with Gasteiger partial charge >= 0.3 is 0 Å². The molecule has 1 N–H and O–H groups in total. The van der Waals surface area contributed by atoms with Crippen molar-refractivity contribution in [1.82, 2.24) is 4.31 Å². The number of hydrogen-bond donors (Lipinski definition) is 1. The van der Waals surface area contributed by atoms with Crippen LogP contribution in [0.2, 0.25) is 10.0 Å². The zero-order valence-electron chi connectivity index (χ0n) is 10.4. The Morgan fingerprint density at radius 1 is 1.25 bits per heavy atom. The van der Waals surface area contributed by atoms with Gasteiger partial charge in [0.25, 0.3) is 0 Å². The molecular weight excluding hydrogens is 345 g/mol. The van der Waals surface area contributed by atoms with E-state index in [2.05, 4.69) is 0 Å². The molecule has 112 valence electrons. The predicted octanol–water partition coefficient (Wildman–Crippen LogP) is 1.24. The minimum absolute atomic E-state index is 0.0632. The van der Waals surface area contributed by atoms with E-state index in [9.17, 15) is 17.7 Å². The topological polar surface area (TPSA) is 74.7 Å². The van der Waals surface area contributed by atoms with Crippen molar-refractivity contribution in [2.75, 3.05) is 24.6 Å². The predicted molar refractivity (Wildman–Crippen MR) is 79.0 cm³/mol. The first-order valence-electron chi connectivity index (χ1n) is 5.80. The summed E-state index contributed by atoms with van der Waals surface area (Å²) in [6.07, 6.45) is 0. The lowest BCUT2D eigenvalue weighted by atomic mass is 10.2. The second-order valence-electron chi connectivity index (χ2n) is 4.25. The van der Waals surface area contributed by atoms with Crippen molar-refractivity contribution in [1.29, 1.82) is 0 Å². The molecule has 0 radical (unpaired) electrons. The fourth-order valence-corrected chi connectivity index (χ4v) is 5.52. The van der Waals surface area contributed by atoms with Crippen molar-refractivity contribution in [2.24, 2.45) is 0 Å². The van der Waals surface area contributed by atoms with Crippen LogP contribution in [0.15, 0.2) is 17.0 Å². The van der Waals surface area contributed by atoms with Gasteiger partial charge in [-0.05, 0) is 12.1 Å². The Morgan fingerprint density at radius 2 is 1.85 bits per heavy atom. The summed E-state index contributed by atoms with van der Waals surface area (Å²) in [5, 5.41) is 9.37. The normalized spacial score (nSPS) is 18.4. The van der Waals surface area contributed by atoms with Gasteiger partial charge in [0.15, 0.2) is 0 Å². The van der Waals surface area contributed by atoms with Gasteiger partial charge in [-0.1, -0.05) is 23.2 Å². The number of aliphatic hydroxyl groups is 1. The van der Waals surface area contributed by atoms with Gasteiger partial charge in [-0.15, -0.1) is 0 Å². The number of rotatable bonds is 3. The number of hydrogen-bond acceptors (Lipinski definition) is 4. The van der Waals surface area contributed by atoms with E-state index in [1.54, 1.807) is 0 Å². The van der Waals surface area contributed by atoms with Crippen molar-refractivity contribution < 1.29 is 17.7 Å². The minimum atomic E-state index is -3.77. The average Bonchev–Trinajstić information content (AvgIpc) is 2.39. The van der Waals surface area contributed by atoms with E-state index in [0.717, 1.165) is 0 Å². The van der Waals surface area contributed by atoms with Gasteiger partial charge < -0.3 is 5.11 Å². The third-order valence-electron chi connectivity index (χ3n) is 3.06. The van der Waals surface area contributed by atoms with Gasteiger partial charge in [-0.2, -0.15) is 4.31 Å². The SMILES string of the molecule is O=S1CCN(S(=O)(=O)c2ccc(Cl)c(CO)c2Cl)CC1. The van der Waals surface area contributed by atoms with Crippen LogP contribution in [0.5, 0.6) is 0 Å². The Balaban J connectivity index is 2.42. The summed E-state index contributed by atoms with van der Waals surface area (Å²) in [6.45, 7) is -0.0459. The highest BCUT2D eigenvalue weighted by molar-refractivity contribution is 7.89. The summed E-state index contributed by atoms with van der Waals surface area (Å²) in [4.78, 5) is -0.0831. The summed E-state index contributed by atoms with van der Waals surface area (Å²) in [6, 6.07) is 2.72. The van der Waals surface area contributed by atoms with Crippen LogP contribution in [0.1, 0.15) is 5.56 Å². The molecule has 1 aliphatic heterocycles. The average molecular weight is 358 g/mol. The van der Waals surface area contributed by atoms with Gasteiger partial charge in [-0.3, -0.25) is 4.21 Å². The van der Waals surface area contributed by atoms with Gasteiger partial charge in [-0.25, -0.2) is 8.42 Å². The second-order valence-corrected chi connectivity index (χ2v) is 8.64. The van der Waals surface area contributed by atoms with E-state index >= 15 is 0 Å². The molecule has 20 heavy (non-hydrogen) atoms. The summed E-state index contributed by atoms with van der Waals surface area (Å²) >= 11 is 11.9. The molecule has 0 atom stereocenters. The van der Waals surface area contributed by atoms with Crippen molar-refractivity contribution in [3.05, 3.63) is 27.7 Å². The molecule has 1 aliphatic rings. The van der Waals surface area contributed by atoms with Gasteiger partial charge in [0.1, 0.15) is 4.90 Å². The highest BCUT2D eigenvalue weighted by Gasteiger charge is 2.30. The maximum Gasteiger partial charge on any atom is 0.244 e. The summed E-state index contributed by atoms with van der Waals surface area (Å²) < 4.78 is 37.6. The monoisotopic (exact) mass is 357 g/mol. The maximum atomic E-state index is 12.5. The van der Waals surface area contributed by atoms with Crippen LogP contribution >= 0.6 is 23.2 Å². The molecule has 1 saturated heterocycles. The van der Waals surface area contributed by atoms with Crippen LogP contribution in [-0.4, -0.2) is 46.6 Å². The Kier molecular flexibility index (Phi) is 5.09. The zero-order chi connectivity index (χ0) is 14.9. The first kappa shape index (κ1) is 16.2. The van der Waals surface area contributed by atoms with Gasteiger partial charge in [0, 0.05) is 46.0 Å².